The molecule has 1 aromatic carbocycles. The summed E-state index contributed by atoms with van der Waals surface area (Å²) in [5.74, 6) is 0.825. The highest BCUT2D eigenvalue weighted by molar-refractivity contribution is 5.26. The van der Waals surface area contributed by atoms with Crippen LogP contribution in [0, 0.1) is 13.8 Å². The van der Waals surface area contributed by atoms with Crippen molar-refractivity contribution in [3.8, 4) is 0 Å². The molecule has 3 nitrogen and oxygen atoms in total. The van der Waals surface area contributed by atoms with E-state index in [4.69, 9.17) is 0 Å². The molecule has 0 radical (unpaired) electrons. The van der Waals surface area contributed by atoms with E-state index in [0.717, 1.165) is 41.9 Å². The van der Waals surface area contributed by atoms with E-state index in [1.54, 1.807) is 4.57 Å². The molecule has 0 saturated heterocycles. The first kappa shape index (κ1) is 12.2. The average molecular weight is 254 g/mol. The summed E-state index contributed by atoms with van der Waals surface area (Å²) in [6.45, 7) is 4.61. The molecule has 19 heavy (non-hydrogen) atoms. The average Bonchev–Trinajstić information content (AvgIpc) is 2.85. The molecule has 0 atom stereocenters. The quantitative estimate of drug-likeness (QED) is 0.825. The number of nitrogens with zero attached hydrogens (tertiary/aromatic N) is 2. The summed E-state index contributed by atoms with van der Waals surface area (Å²) in [4.78, 5) is 17.1. The van der Waals surface area contributed by atoms with Crippen molar-refractivity contribution in [3.63, 3.8) is 0 Å². The van der Waals surface area contributed by atoms with Crippen molar-refractivity contribution in [2.75, 3.05) is 0 Å². The number of aromatic nitrogens is 2. The van der Waals surface area contributed by atoms with E-state index < -0.39 is 0 Å². The minimum atomic E-state index is 0.153. The summed E-state index contributed by atoms with van der Waals surface area (Å²) in [5, 5.41) is 0. The lowest BCUT2D eigenvalue weighted by Gasteiger charge is -2.12. The van der Waals surface area contributed by atoms with Gasteiger partial charge in [0.15, 0.2) is 0 Å². The Balaban J connectivity index is 2.02. The number of benzene rings is 1. The topological polar surface area (TPSA) is 34.9 Å². The van der Waals surface area contributed by atoms with Gasteiger partial charge in [-0.25, -0.2) is 4.98 Å². The third-order valence-corrected chi connectivity index (χ3v) is 3.84. The molecule has 1 aromatic heterocycles. The number of hydrogen-bond acceptors (Lipinski definition) is 2. The Bertz CT molecular complexity index is 668. The maximum atomic E-state index is 12.5. The Morgan fingerprint density at radius 3 is 2.63 bits per heavy atom. The maximum absolute atomic E-state index is 12.5. The van der Waals surface area contributed by atoms with Crippen molar-refractivity contribution in [1.82, 2.24) is 9.55 Å². The molecule has 1 heterocycles. The number of aryl methyl sites for hydroxylation is 3. The monoisotopic (exact) mass is 254 g/mol. The molecular weight excluding hydrogens is 236 g/mol. The van der Waals surface area contributed by atoms with Gasteiger partial charge in [0, 0.05) is 5.56 Å². The van der Waals surface area contributed by atoms with Gasteiger partial charge in [0.25, 0.3) is 5.56 Å². The first-order chi connectivity index (χ1) is 9.15. The van der Waals surface area contributed by atoms with Gasteiger partial charge >= 0.3 is 0 Å². The highest BCUT2D eigenvalue weighted by atomic mass is 16.1. The van der Waals surface area contributed by atoms with Gasteiger partial charge in [-0.05, 0) is 38.7 Å². The third-order valence-electron chi connectivity index (χ3n) is 3.84. The van der Waals surface area contributed by atoms with Crippen molar-refractivity contribution in [2.45, 2.75) is 39.7 Å². The number of fused-ring (bicyclic) bond motifs is 1. The Morgan fingerprint density at radius 1 is 1.16 bits per heavy atom. The van der Waals surface area contributed by atoms with Crippen LogP contribution in [0.3, 0.4) is 0 Å². The van der Waals surface area contributed by atoms with Gasteiger partial charge < -0.3 is 0 Å². The van der Waals surface area contributed by atoms with Crippen molar-refractivity contribution in [3.05, 3.63) is 62.8 Å². The highest BCUT2D eigenvalue weighted by Gasteiger charge is 2.19. The second kappa shape index (κ2) is 4.65. The molecule has 0 fully saturated rings. The van der Waals surface area contributed by atoms with Crippen LogP contribution in [0.15, 0.2) is 29.1 Å². The fourth-order valence-corrected chi connectivity index (χ4v) is 2.71. The Kier molecular flexibility index (Phi) is 2.97. The molecule has 2 aromatic rings. The third kappa shape index (κ3) is 2.21. The zero-order valence-electron chi connectivity index (χ0n) is 11.4. The van der Waals surface area contributed by atoms with Gasteiger partial charge in [-0.1, -0.05) is 29.8 Å². The van der Waals surface area contributed by atoms with Gasteiger partial charge in [0.2, 0.25) is 0 Å². The largest absolute Gasteiger partial charge is 0.292 e. The van der Waals surface area contributed by atoms with E-state index >= 15 is 0 Å². The fraction of sp³-hybridized carbons (Fsp3) is 0.375. The van der Waals surface area contributed by atoms with Gasteiger partial charge in [0.1, 0.15) is 5.82 Å². The van der Waals surface area contributed by atoms with Crippen LogP contribution in [0.2, 0.25) is 0 Å². The lowest BCUT2D eigenvalue weighted by atomic mass is 10.1. The van der Waals surface area contributed by atoms with E-state index in [1.807, 2.05) is 6.92 Å². The van der Waals surface area contributed by atoms with Crippen LogP contribution in [0.25, 0.3) is 0 Å². The van der Waals surface area contributed by atoms with Crippen LogP contribution in [0.4, 0.5) is 0 Å². The van der Waals surface area contributed by atoms with E-state index in [2.05, 4.69) is 36.2 Å². The molecule has 1 aliphatic carbocycles. The number of hydrogen-bond donors (Lipinski definition) is 0. The molecule has 3 rings (SSSR count). The molecule has 0 aliphatic heterocycles. The molecule has 0 saturated carbocycles. The predicted molar refractivity (Wildman–Crippen MR) is 75.5 cm³/mol. The molecule has 98 valence electrons. The van der Waals surface area contributed by atoms with Crippen molar-refractivity contribution >= 4 is 0 Å². The summed E-state index contributed by atoms with van der Waals surface area (Å²) < 4.78 is 1.80. The van der Waals surface area contributed by atoms with Gasteiger partial charge in [0.05, 0.1) is 12.2 Å². The van der Waals surface area contributed by atoms with Crippen molar-refractivity contribution < 1.29 is 0 Å². The molecular formula is C16H18N2O. The standard InChI is InChI=1S/C16H18N2O/c1-11-6-8-13(9-7-11)10-18-12(2)17-15-5-3-4-14(15)16(18)19/h6-9H,3-5,10H2,1-2H3. The van der Waals surface area contributed by atoms with E-state index in [9.17, 15) is 4.79 Å². The van der Waals surface area contributed by atoms with Gasteiger partial charge in [-0.2, -0.15) is 0 Å². The molecule has 0 bridgehead atoms. The molecule has 3 heteroatoms. The van der Waals surface area contributed by atoms with Crippen LogP contribution in [-0.4, -0.2) is 9.55 Å². The Labute approximate surface area is 112 Å². The minimum absolute atomic E-state index is 0.153. The van der Waals surface area contributed by atoms with Crippen LogP contribution < -0.4 is 5.56 Å². The van der Waals surface area contributed by atoms with E-state index in [0.29, 0.717) is 6.54 Å². The normalized spacial score (nSPS) is 13.6. The summed E-state index contributed by atoms with van der Waals surface area (Å²) in [5.41, 5.74) is 4.48. The van der Waals surface area contributed by atoms with Gasteiger partial charge in [-0.3, -0.25) is 9.36 Å². The van der Waals surface area contributed by atoms with E-state index in [-0.39, 0.29) is 5.56 Å². The molecule has 1 aliphatic rings. The molecule has 0 spiro atoms. The summed E-state index contributed by atoms with van der Waals surface area (Å²) in [7, 11) is 0. The fourth-order valence-electron chi connectivity index (χ4n) is 2.71. The Morgan fingerprint density at radius 2 is 1.89 bits per heavy atom. The summed E-state index contributed by atoms with van der Waals surface area (Å²) >= 11 is 0. The first-order valence-corrected chi connectivity index (χ1v) is 6.80. The first-order valence-electron chi connectivity index (χ1n) is 6.80. The Hall–Kier alpha value is -1.90. The van der Waals surface area contributed by atoms with Crippen LogP contribution in [0.5, 0.6) is 0 Å². The van der Waals surface area contributed by atoms with E-state index in [1.165, 1.54) is 5.56 Å². The van der Waals surface area contributed by atoms with Crippen molar-refractivity contribution in [1.29, 1.82) is 0 Å². The second-order valence-corrected chi connectivity index (χ2v) is 5.31. The SMILES string of the molecule is Cc1ccc(Cn2c(C)nc3c(c2=O)CCC3)cc1. The van der Waals surface area contributed by atoms with Gasteiger partial charge in [-0.15, -0.1) is 0 Å². The molecule has 0 amide bonds. The number of rotatable bonds is 2. The zero-order valence-corrected chi connectivity index (χ0v) is 11.4. The lowest BCUT2D eigenvalue weighted by molar-refractivity contribution is 0.686. The minimum Gasteiger partial charge on any atom is -0.292 e. The molecule has 0 unspecified atom stereocenters. The van der Waals surface area contributed by atoms with Crippen LogP contribution >= 0.6 is 0 Å². The second-order valence-electron chi connectivity index (χ2n) is 5.31. The zero-order chi connectivity index (χ0) is 13.4. The summed E-state index contributed by atoms with van der Waals surface area (Å²) in [6.07, 6.45) is 2.90. The summed E-state index contributed by atoms with van der Waals surface area (Å²) in [6, 6.07) is 8.32. The smallest absolute Gasteiger partial charge is 0.257 e. The lowest BCUT2D eigenvalue weighted by Crippen LogP contribution is -2.27. The van der Waals surface area contributed by atoms with Crippen LogP contribution in [0.1, 0.15) is 34.6 Å². The van der Waals surface area contributed by atoms with Crippen molar-refractivity contribution in [2.24, 2.45) is 0 Å². The predicted octanol–water partition coefficient (Wildman–Crippen LogP) is 2.40. The maximum Gasteiger partial charge on any atom is 0.257 e. The highest BCUT2D eigenvalue weighted by Crippen LogP contribution is 2.17. The molecule has 0 N–H and O–H groups in total. The van der Waals surface area contributed by atoms with Crippen LogP contribution in [-0.2, 0) is 19.4 Å².